The highest BCUT2D eigenvalue weighted by Gasteiger charge is 2.22. The van der Waals surface area contributed by atoms with E-state index in [1.54, 1.807) is 12.3 Å². The fraction of sp³-hybridized carbons (Fsp3) is 0.467. The van der Waals surface area contributed by atoms with Crippen molar-refractivity contribution < 1.29 is 4.39 Å². The number of aryl methyl sites for hydroxylation is 1. The maximum Gasteiger partial charge on any atom is 0.141 e. The highest BCUT2D eigenvalue weighted by molar-refractivity contribution is 9.10. The van der Waals surface area contributed by atoms with E-state index in [1.807, 2.05) is 4.68 Å². The molecule has 0 aliphatic rings. The monoisotopic (exact) mass is 354 g/mol. The zero-order valence-electron chi connectivity index (χ0n) is 12.3. The first kappa shape index (κ1) is 16.1. The van der Waals surface area contributed by atoms with Gasteiger partial charge in [-0.05, 0) is 47.4 Å². The van der Waals surface area contributed by atoms with Crippen LogP contribution >= 0.6 is 15.9 Å². The topological polar surface area (TPSA) is 42.7 Å². The van der Waals surface area contributed by atoms with Crippen molar-refractivity contribution in [3.63, 3.8) is 0 Å². The Morgan fingerprint density at radius 2 is 2.10 bits per heavy atom. The van der Waals surface area contributed by atoms with Gasteiger partial charge in [-0.2, -0.15) is 5.10 Å². The van der Waals surface area contributed by atoms with Crippen molar-refractivity contribution >= 4 is 15.9 Å². The second kappa shape index (κ2) is 7.66. The van der Waals surface area contributed by atoms with Gasteiger partial charge in [0.05, 0.1) is 34.3 Å². The molecule has 6 heteroatoms. The van der Waals surface area contributed by atoms with Crippen LogP contribution in [0.15, 0.2) is 29.0 Å². The van der Waals surface area contributed by atoms with Gasteiger partial charge < -0.3 is 5.32 Å². The number of hydrogen-bond acceptors (Lipinski definition) is 3. The highest BCUT2D eigenvalue weighted by Crippen LogP contribution is 2.28. The zero-order chi connectivity index (χ0) is 15.2. The summed E-state index contributed by atoms with van der Waals surface area (Å²) in [6.45, 7) is 5.92. The molecule has 0 saturated carbocycles. The minimum atomic E-state index is -0.325. The summed E-state index contributed by atoms with van der Waals surface area (Å²) in [5.41, 5.74) is 1.83. The molecule has 114 valence electrons. The molecule has 2 heterocycles. The number of pyridine rings is 1. The van der Waals surface area contributed by atoms with E-state index in [-0.39, 0.29) is 11.9 Å². The number of nitrogens with zero attached hydrogens (tertiary/aromatic N) is 3. The molecule has 0 fully saturated rings. The van der Waals surface area contributed by atoms with Crippen LogP contribution in [0, 0.1) is 5.82 Å². The lowest BCUT2D eigenvalue weighted by Crippen LogP contribution is -2.27. The van der Waals surface area contributed by atoms with Crippen LogP contribution in [0.4, 0.5) is 4.39 Å². The lowest BCUT2D eigenvalue weighted by Gasteiger charge is -2.20. The van der Waals surface area contributed by atoms with E-state index in [2.05, 4.69) is 45.2 Å². The molecule has 1 N–H and O–H groups in total. The second-order valence-electron chi connectivity index (χ2n) is 4.89. The summed E-state index contributed by atoms with van der Waals surface area (Å²) in [6, 6.07) is 3.06. The smallest absolute Gasteiger partial charge is 0.141 e. The molecule has 0 radical (unpaired) electrons. The largest absolute Gasteiger partial charge is 0.304 e. The quantitative estimate of drug-likeness (QED) is 0.824. The van der Waals surface area contributed by atoms with E-state index in [0.717, 1.165) is 41.8 Å². The summed E-state index contributed by atoms with van der Waals surface area (Å²) in [6.07, 6.45) is 5.06. The fourth-order valence-electron chi connectivity index (χ4n) is 2.24. The summed E-state index contributed by atoms with van der Waals surface area (Å²) < 4.78 is 16.0. The molecule has 2 aromatic rings. The first-order valence-corrected chi connectivity index (χ1v) is 8.02. The van der Waals surface area contributed by atoms with Crippen molar-refractivity contribution in [2.75, 3.05) is 6.54 Å². The Hall–Kier alpha value is -1.27. The SMILES string of the molecule is CCCNC(c1ccc(F)cn1)c1c(Br)cnn1CCC. The molecule has 0 aliphatic heterocycles. The Labute approximate surface area is 132 Å². The average molecular weight is 355 g/mol. The third-order valence-corrected chi connectivity index (χ3v) is 3.80. The first-order chi connectivity index (χ1) is 10.2. The van der Waals surface area contributed by atoms with E-state index in [9.17, 15) is 4.39 Å². The number of hydrogen-bond donors (Lipinski definition) is 1. The van der Waals surface area contributed by atoms with Crippen molar-refractivity contribution in [1.82, 2.24) is 20.1 Å². The zero-order valence-corrected chi connectivity index (χ0v) is 13.9. The van der Waals surface area contributed by atoms with Gasteiger partial charge in [0.15, 0.2) is 0 Å². The van der Waals surface area contributed by atoms with E-state index in [0.29, 0.717) is 0 Å². The van der Waals surface area contributed by atoms with Crippen LogP contribution in [-0.4, -0.2) is 21.3 Å². The summed E-state index contributed by atoms with van der Waals surface area (Å²) in [5.74, 6) is -0.325. The fourth-order valence-corrected chi connectivity index (χ4v) is 2.76. The summed E-state index contributed by atoms with van der Waals surface area (Å²) in [4.78, 5) is 4.23. The van der Waals surface area contributed by atoms with Crippen LogP contribution in [0.2, 0.25) is 0 Å². The van der Waals surface area contributed by atoms with Crippen molar-refractivity contribution in [2.45, 2.75) is 39.3 Å². The Balaban J connectivity index is 2.40. The molecule has 1 unspecified atom stereocenters. The Kier molecular flexibility index (Phi) is 5.87. The molecule has 2 rings (SSSR count). The molecule has 4 nitrogen and oxygen atoms in total. The van der Waals surface area contributed by atoms with Gasteiger partial charge in [-0.15, -0.1) is 0 Å². The van der Waals surface area contributed by atoms with E-state index >= 15 is 0 Å². The van der Waals surface area contributed by atoms with Gasteiger partial charge in [-0.25, -0.2) is 4.39 Å². The minimum absolute atomic E-state index is 0.103. The van der Waals surface area contributed by atoms with E-state index < -0.39 is 0 Å². The number of rotatable bonds is 7. The molecular formula is C15H20BrFN4. The van der Waals surface area contributed by atoms with Gasteiger partial charge in [-0.1, -0.05) is 13.8 Å². The number of nitrogens with one attached hydrogen (secondary N) is 1. The molecule has 0 aliphatic carbocycles. The van der Waals surface area contributed by atoms with Gasteiger partial charge in [-0.3, -0.25) is 9.67 Å². The van der Waals surface area contributed by atoms with Gasteiger partial charge >= 0.3 is 0 Å². The van der Waals surface area contributed by atoms with Gasteiger partial charge in [0.2, 0.25) is 0 Å². The number of aromatic nitrogens is 3. The second-order valence-corrected chi connectivity index (χ2v) is 5.74. The van der Waals surface area contributed by atoms with Gasteiger partial charge in [0.25, 0.3) is 0 Å². The van der Waals surface area contributed by atoms with Crippen LogP contribution in [-0.2, 0) is 6.54 Å². The molecule has 0 bridgehead atoms. The summed E-state index contributed by atoms with van der Waals surface area (Å²) >= 11 is 3.57. The van der Waals surface area contributed by atoms with Crippen LogP contribution < -0.4 is 5.32 Å². The van der Waals surface area contributed by atoms with Crippen LogP contribution in [0.3, 0.4) is 0 Å². The highest BCUT2D eigenvalue weighted by atomic mass is 79.9. The van der Waals surface area contributed by atoms with Crippen LogP contribution in [0.25, 0.3) is 0 Å². The molecule has 0 amide bonds. The maximum atomic E-state index is 13.1. The van der Waals surface area contributed by atoms with Crippen molar-refractivity contribution in [3.8, 4) is 0 Å². The summed E-state index contributed by atoms with van der Waals surface area (Å²) in [5, 5.41) is 7.88. The standard InChI is InChI=1S/C15H20BrFN4/c1-3-7-18-14(13-6-5-11(17)9-19-13)15-12(16)10-20-21(15)8-4-2/h5-6,9-10,14,18H,3-4,7-8H2,1-2H3. The average Bonchev–Trinajstić information content (AvgIpc) is 2.83. The van der Waals surface area contributed by atoms with Crippen molar-refractivity contribution in [2.24, 2.45) is 0 Å². The lowest BCUT2D eigenvalue weighted by atomic mass is 10.1. The molecular weight excluding hydrogens is 335 g/mol. The predicted molar refractivity (Wildman–Crippen MR) is 84.5 cm³/mol. The third kappa shape index (κ3) is 3.89. The van der Waals surface area contributed by atoms with Crippen LogP contribution in [0.5, 0.6) is 0 Å². The normalized spacial score (nSPS) is 12.6. The molecule has 0 spiro atoms. The Morgan fingerprint density at radius 1 is 1.29 bits per heavy atom. The van der Waals surface area contributed by atoms with Crippen LogP contribution in [0.1, 0.15) is 44.1 Å². The minimum Gasteiger partial charge on any atom is -0.304 e. The van der Waals surface area contributed by atoms with Gasteiger partial charge in [0.1, 0.15) is 5.82 Å². The molecule has 1 atom stereocenters. The first-order valence-electron chi connectivity index (χ1n) is 7.23. The molecule has 0 aromatic carbocycles. The summed E-state index contributed by atoms with van der Waals surface area (Å²) in [7, 11) is 0. The maximum absolute atomic E-state index is 13.1. The Morgan fingerprint density at radius 3 is 2.71 bits per heavy atom. The lowest BCUT2D eigenvalue weighted by molar-refractivity contribution is 0.502. The predicted octanol–water partition coefficient (Wildman–Crippen LogP) is 3.68. The van der Waals surface area contributed by atoms with Crippen molar-refractivity contribution in [1.29, 1.82) is 0 Å². The molecule has 2 aromatic heterocycles. The van der Waals surface area contributed by atoms with E-state index in [4.69, 9.17) is 0 Å². The number of halogens is 2. The van der Waals surface area contributed by atoms with Crippen molar-refractivity contribution in [3.05, 3.63) is 46.2 Å². The molecule has 0 saturated heterocycles. The van der Waals surface area contributed by atoms with E-state index in [1.165, 1.54) is 12.3 Å². The molecule has 21 heavy (non-hydrogen) atoms. The third-order valence-electron chi connectivity index (χ3n) is 3.19. The Bertz CT molecular complexity index is 568. The van der Waals surface area contributed by atoms with Gasteiger partial charge in [0, 0.05) is 6.54 Å².